The Morgan fingerprint density at radius 1 is 1.39 bits per heavy atom. The summed E-state index contributed by atoms with van der Waals surface area (Å²) in [4.78, 5) is 23.9. The van der Waals surface area contributed by atoms with Crippen LogP contribution in [0.4, 0.5) is 18.0 Å². The van der Waals surface area contributed by atoms with Crippen LogP contribution in [0, 0.1) is 17.8 Å². The van der Waals surface area contributed by atoms with Gasteiger partial charge in [0.1, 0.15) is 0 Å². The van der Waals surface area contributed by atoms with Crippen LogP contribution in [-0.4, -0.2) is 61.0 Å². The van der Waals surface area contributed by atoms with Crippen LogP contribution in [0.25, 0.3) is 0 Å². The molecule has 2 unspecified atom stereocenters. The largest absolute Gasteiger partial charge is 0.481 e. The Balaban J connectivity index is 2.66. The summed E-state index contributed by atoms with van der Waals surface area (Å²) in [5.74, 6) is -5.04. The molecule has 2 N–H and O–H groups in total. The third kappa shape index (κ3) is 4.98. The molecule has 1 saturated heterocycles. The van der Waals surface area contributed by atoms with Crippen LogP contribution in [0.3, 0.4) is 0 Å². The van der Waals surface area contributed by atoms with E-state index in [1.54, 1.807) is 0 Å². The molecule has 23 heavy (non-hydrogen) atoms. The predicted molar refractivity (Wildman–Crippen MR) is 75.9 cm³/mol. The van der Waals surface area contributed by atoms with Gasteiger partial charge >= 0.3 is 18.2 Å². The van der Waals surface area contributed by atoms with E-state index in [2.05, 4.69) is 5.32 Å². The first-order valence-electron chi connectivity index (χ1n) is 7.46. The number of alkyl halides is 3. The molecule has 1 aliphatic heterocycles. The Kier molecular flexibility index (Phi) is 6.67. The summed E-state index contributed by atoms with van der Waals surface area (Å²) < 4.78 is 43.9. The second kappa shape index (κ2) is 7.85. The topological polar surface area (TPSA) is 78.9 Å². The summed E-state index contributed by atoms with van der Waals surface area (Å²) in [5, 5.41) is 11.5. The number of ether oxygens (including phenoxy) is 1. The lowest BCUT2D eigenvalue weighted by atomic mass is 9.96. The van der Waals surface area contributed by atoms with Crippen molar-refractivity contribution < 1.29 is 32.6 Å². The third-order valence-electron chi connectivity index (χ3n) is 4.38. The van der Waals surface area contributed by atoms with Crippen LogP contribution in [0.5, 0.6) is 0 Å². The molecule has 0 aromatic heterocycles. The van der Waals surface area contributed by atoms with E-state index in [4.69, 9.17) is 9.84 Å². The van der Waals surface area contributed by atoms with Crippen molar-refractivity contribution >= 4 is 12.0 Å². The number of hydrogen-bond acceptors (Lipinski definition) is 3. The number of likely N-dealkylation sites (tertiary alicyclic amines) is 1. The smallest absolute Gasteiger partial charge is 0.394 e. The summed E-state index contributed by atoms with van der Waals surface area (Å²) in [6.07, 6.45) is -4.07. The molecule has 0 aromatic carbocycles. The molecule has 1 heterocycles. The number of aliphatic carboxylic acids is 1. The van der Waals surface area contributed by atoms with Crippen molar-refractivity contribution in [3.63, 3.8) is 0 Å². The molecule has 0 aliphatic carbocycles. The lowest BCUT2D eigenvalue weighted by Gasteiger charge is -2.24. The van der Waals surface area contributed by atoms with Gasteiger partial charge in [-0.3, -0.25) is 4.79 Å². The third-order valence-corrected chi connectivity index (χ3v) is 4.38. The van der Waals surface area contributed by atoms with Gasteiger partial charge in [0, 0.05) is 26.7 Å². The van der Waals surface area contributed by atoms with Crippen LogP contribution >= 0.6 is 0 Å². The molecule has 0 saturated carbocycles. The summed E-state index contributed by atoms with van der Waals surface area (Å²) in [6, 6.07) is -0.701. The van der Waals surface area contributed by atoms with E-state index in [9.17, 15) is 22.8 Å². The molecule has 0 bridgehead atoms. The van der Waals surface area contributed by atoms with Crippen molar-refractivity contribution in [1.82, 2.24) is 10.2 Å². The van der Waals surface area contributed by atoms with Gasteiger partial charge in [0.15, 0.2) is 0 Å². The van der Waals surface area contributed by atoms with E-state index in [1.807, 2.05) is 13.8 Å². The second-order valence-corrected chi connectivity index (χ2v) is 5.84. The number of amides is 2. The standard InChI is InChI=1S/C14H23F3N2O4/c1-4-8(2)11(23-3)5-18-13(22)19-6-9(12(20)21)10(7-19)14(15,16)17/h8-11H,4-7H2,1-3H3,(H,18,22)(H,20,21)/t8?,9-,10-,11?/m1/s1. The SMILES string of the molecule is CCC(C)C(CNC(=O)N1C[C@@H](C(F)(F)F)[C@H](C(=O)O)C1)OC. The van der Waals surface area contributed by atoms with E-state index < -0.39 is 43.1 Å². The first-order valence-corrected chi connectivity index (χ1v) is 7.46. The summed E-state index contributed by atoms with van der Waals surface area (Å²) in [6.45, 7) is 2.97. The Morgan fingerprint density at radius 3 is 2.39 bits per heavy atom. The van der Waals surface area contributed by atoms with Crippen LogP contribution in [-0.2, 0) is 9.53 Å². The van der Waals surface area contributed by atoms with Gasteiger partial charge in [0.25, 0.3) is 0 Å². The number of urea groups is 1. The highest BCUT2D eigenvalue weighted by Crippen LogP contribution is 2.37. The number of rotatable bonds is 6. The first-order chi connectivity index (χ1) is 10.6. The second-order valence-electron chi connectivity index (χ2n) is 5.84. The number of halogens is 3. The Hall–Kier alpha value is -1.51. The fourth-order valence-electron chi connectivity index (χ4n) is 2.63. The lowest BCUT2D eigenvalue weighted by molar-refractivity contribution is -0.187. The molecule has 9 heteroatoms. The van der Waals surface area contributed by atoms with Crippen molar-refractivity contribution in [3.05, 3.63) is 0 Å². The molecule has 6 nitrogen and oxygen atoms in total. The van der Waals surface area contributed by atoms with Crippen molar-refractivity contribution in [2.24, 2.45) is 17.8 Å². The maximum atomic E-state index is 12.9. The quantitative estimate of drug-likeness (QED) is 0.775. The van der Waals surface area contributed by atoms with Gasteiger partial charge in [0.2, 0.25) is 0 Å². The zero-order valence-corrected chi connectivity index (χ0v) is 13.4. The minimum atomic E-state index is -4.65. The fraction of sp³-hybridized carbons (Fsp3) is 0.857. The maximum absolute atomic E-state index is 12.9. The molecule has 2 amide bonds. The Labute approximate surface area is 133 Å². The van der Waals surface area contributed by atoms with E-state index in [-0.39, 0.29) is 18.6 Å². The van der Waals surface area contributed by atoms with Crippen molar-refractivity contribution in [2.45, 2.75) is 32.5 Å². The number of nitrogens with one attached hydrogen (secondary N) is 1. The zero-order chi connectivity index (χ0) is 17.8. The van der Waals surface area contributed by atoms with Gasteiger partial charge in [-0.25, -0.2) is 4.79 Å². The molecule has 1 aliphatic rings. The number of carboxylic acid groups (broad SMARTS) is 1. The number of carboxylic acids is 1. The number of carbonyl (C=O) groups excluding carboxylic acids is 1. The average molecular weight is 340 g/mol. The lowest BCUT2D eigenvalue weighted by Crippen LogP contribution is -2.44. The van der Waals surface area contributed by atoms with Gasteiger partial charge in [-0.2, -0.15) is 13.2 Å². The Morgan fingerprint density at radius 2 is 2.00 bits per heavy atom. The van der Waals surface area contributed by atoms with E-state index in [0.717, 1.165) is 11.3 Å². The molecule has 1 fully saturated rings. The first kappa shape index (κ1) is 19.5. The van der Waals surface area contributed by atoms with Gasteiger partial charge in [-0.05, 0) is 5.92 Å². The fourth-order valence-corrected chi connectivity index (χ4v) is 2.63. The highest BCUT2D eigenvalue weighted by Gasteiger charge is 2.53. The molecular weight excluding hydrogens is 317 g/mol. The van der Waals surface area contributed by atoms with Crippen molar-refractivity contribution in [3.8, 4) is 0 Å². The molecule has 134 valence electrons. The maximum Gasteiger partial charge on any atom is 0.394 e. The minimum absolute atomic E-state index is 0.162. The molecule has 4 atom stereocenters. The average Bonchev–Trinajstić information content (AvgIpc) is 2.92. The predicted octanol–water partition coefficient (Wildman–Crippen LogP) is 1.95. The number of carbonyl (C=O) groups is 2. The van der Waals surface area contributed by atoms with Crippen molar-refractivity contribution in [1.29, 1.82) is 0 Å². The monoisotopic (exact) mass is 340 g/mol. The zero-order valence-electron chi connectivity index (χ0n) is 13.4. The van der Waals surface area contributed by atoms with E-state index >= 15 is 0 Å². The Bertz CT molecular complexity index is 431. The highest BCUT2D eigenvalue weighted by atomic mass is 19.4. The molecule has 0 aromatic rings. The van der Waals surface area contributed by atoms with Crippen LogP contribution in [0.15, 0.2) is 0 Å². The molecule has 1 rings (SSSR count). The van der Waals surface area contributed by atoms with Crippen LogP contribution in [0.1, 0.15) is 20.3 Å². The summed E-state index contributed by atoms with van der Waals surface area (Å²) >= 11 is 0. The van der Waals surface area contributed by atoms with Crippen LogP contribution in [0.2, 0.25) is 0 Å². The molecule has 0 spiro atoms. The summed E-state index contributed by atoms with van der Waals surface area (Å²) in [7, 11) is 1.50. The highest BCUT2D eigenvalue weighted by molar-refractivity contribution is 5.77. The number of nitrogens with zero attached hydrogens (tertiary/aromatic N) is 1. The van der Waals surface area contributed by atoms with Gasteiger partial charge in [-0.15, -0.1) is 0 Å². The normalized spacial score (nSPS) is 24.3. The number of methoxy groups -OCH3 is 1. The van der Waals surface area contributed by atoms with Gasteiger partial charge < -0.3 is 20.1 Å². The van der Waals surface area contributed by atoms with E-state index in [0.29, 0.717) is 0 Å². The van der Waals surface area contributed by atoms with Gasteiger partial charge in [-0.1, -0.05) is 20.3 Å². The summed E-state index contributed by atoms with van der Waals surface area (Å²) in [5.41, 5.74) is 0. The van der Waals surface area contributed by atoms with E-state index in [1.165, 1.54) is 7.11 Å². The van der Waals surface area contributed by atoms with Gasteiger partial charge in [0.05, 0.1) is 17.9 Å². The van der Waals surface area contributed by atoms with Crippen molar-refractivity contribution in [2.75, 3.05) is 26.7 Å². The minimum Gasteiger partial charge on any atom is -0.481 e. The van der Waals surface area contributed by atoms with Crippen LogP contribution < -0.4 is 5.32 Å². The molecule has 0 radical (unpaired) electrons. The molecular formula is C14H23F3N2O4. The number of hydrogen-bond donors (Lipinski definition) is 2.